The van der Waals surface area contributed by atoms with E-state index in [1.807, 2.05) is 62.4 Å². The Balaban J connectivity index is 1.78. The smallest absolute Gasteiger partial charge is 0.433 e. The summed E-state index contributed by atoms with van der Waals surface area (Å²) in [6.45, 7) is 3.94. The molecule has 3 aromatic rings. The third kappa shape index (κ3) is 4.60. The number of para-hydroxylation sites is 2. The van der Waals surface area contributed by atoms with E-state index in [2.05, 4.69) is 5.32 Å². The summed E-state index contributed by atoms with van der Waals surface area (Å²) in [6.07, 6.45) is 0. The molecule has 8 nitrogen and oxygen atoms in total. The fourth-order valence-corrected chi connectivity index (χ4v) is 3.11. The Kier molecular flexibility index (Phi) is 6.06. The molecule has 0 radical (unpaired) electrons. The number of amides is 1. The van der Waals surface area contributed by atoms with Crippen LogP contribution in [0.2, 0.25) is 0 Å². The van der Waals surface area contributed by atoms with Gasteiger partial charge in [0, 0.05) is 0 Å². The van der Waals surface area contributed by atoms with E-state index in [1.165, 1.54) is 6.07 Å². The van der Waals surface area contributed by atoms with E-state index in [-0.39, 0.29) is 12.4 Å². The van der Waals surface area contributed by atoms with Crippen molar-refractivity contribution in [2.45, 2.75) is 26.0 Å². The van der Waals surface area contributed by atoms with Crippen LogP contribution < -0.4 is 14.8 Å². The Hall–Kier alpha value is -3.81. The van der Waals surface area contributed by atoms with E-state index >= 15 is 0 Å². The van der Waals surface area contributed by atoms with Gasteiger partial charge in [-0.15, -0.1) is 0 Å². The Morgan fingerprint density at radius 1 is 1.07 bits per heavy atom. The number of furan rings is 1. The topological polar surface area (TPSA) is 104 Å². The summed E-state index contributed by atoms with van der Waals surface area (Å²) in [5.74, 6) is 0.0798. The number of nitro groups is 1. The first-order valence-corrected chi connectivity index (χ1v) is 9.23. The van der Waals surface area contributed by atoms with Crippen LogP contribution in [0, 0.1) is 10.1 Å². The van der Waals surface area contributed by atoms with Crippen LogP contribution in [0.5, 0.6) is 11.5 Å². The molecule has 3 rings (SSSR count). The number of methoxy groups -OCH3 is 1. The molecular formula is C22H22N2O6. The second-order valence-electron chi connectivity index (χ2n) is 7.07. The van der Waals surface area contributed by atoms with Crippen molar-refractivity contribution < 1.29 is 23.6 Å². The van der Waals surface area contributed by atoms with Crippen LogP contribution in [0.1, 0.15) is 35.5 Å². The molecule has 0 saturated carbocycles. The molecule has 0 atom stereocenters. The van der Waals surface area contributed by atoms with Crippen LogP contribution in [-0.2, 0) is 12.1 Å². The van der Waals surface area contributed by atoms with Gasteiger partial charge in [0.2, 0.25) is 0 Å². The summed E-state index contributed by atoms with van der Waals surface area (Å²) >= 11 is 0. The van der Waals surface area contributed by atoms with E-state index in [0.717, 1.165) is 17.2 Å². The minimum absolute atomic E-state index is 0.127. The third-order valence-corrected chi connectivity index (χ3v) is 4.56. The van der Waals surface area contributed by atoms with Gasteiger partial charge >= 0.3 is 5.88 Å². The quantitative estimate of drug-likeness (QED) is 0.435. The van der Waals surface area contributed by atoms with Crippen molar-refractivity contribution >= 4 is 11.8 Å². The molecular weight excluding hydrogens is 388 g/mol. The zero-order chi connectivity index (χ0) is 21.7. The molecule has 1 aromatic heterocycles. The highest BCUT2D eigenvalue weighted by Crippen LogP contribution is 2.29. The molecule has 0 spiro atoms. The Labute approximate surface area is 173 Å². The van der Waals surface area contributed by atoms with Crippen molar-refractivity contribution in [1.82, 2.24) is 5.32 Å². The number of carbonyl (C=O) groups is 1. The zero-order valence-corrected chi connectivity index (χ0v) is 16.9. The minimum atomic E-state index is -0.792. The van der Waals surface area contributed by atoms with E-state index in [1.54, 1.807) is 7.11 Å². The lowest BCUT2D eigenvalue weighted by Crippen LogP contribution is -2.41. The van der Waals surface area contributed by atoms with Gasteiger partial charge in [-0.25, -0.2) is 0 Å². The summed E-state index contributed by atoms with van der Waals surface area (Å²) in [7, 11) is 1.58. The molecule has 156 valence electrons. The van der Waals surface area contributed by atoms with Crippen LogP contribution in [-0.4, -0.2) is 17.9 Å². The van der Waals surface area contributed by atoms with Crippen LogP contribution in [0.15, 0.2) is 65.1 Å². The lowest BCUT2D eigenvalue weighted by molar-refractivity contribution is -0.402. The molecule has 0 bridgehead atoms. The van der Waals surface area contributed by atoms with Crippen molar-refractivity contribution in [2.24, 2.45) is 0 Å². The molecule has 1 N–H and O–H groups in total. The lowest BCUT2D eigenvalue weighted by Gasteiger charge is -2.29. The fourth-order valence-electron chi connectivity index (χ4n) is 3.11. The van der Waals surface area contributed by atoms with E-state index in [9.17, 15) is 14.9 Å². The van der Waals surface area contributed by atoms with Gasteiger partial charge in [0.1, 0.15) is 11.5 Å². The Morgan fingerprint density at radius 2 is 1.73 bits per heavy atom. The van der Waals surface area contributed by atoms with Crippen LogP contribution in [0.4, 0.5) is 5.88 Å². The number of nitrogens with one attached hydrogen (secondary N) is 1. The normalized spacial score (nSPS) is 11.0. The van der Waals surface area contributed by atoms with Crippen molar-refractivity contribution in [3.05, 3.63) is 87.7 Å². The van der Waals surface area contributed by atoms with Crippen molar-refractivity contribution in [2.75, 3.05) is 7.11 Å². The lowest BCUT2D eigenvalue weighted by atomic mass is 9.90. The van der Waals surface area contributed by atoms with Gasteiger partial charge < -0.3 is 19.2 Å². The average molecular weight is 410 g/mol. The summed E-state index contributed by atoms with van der Waals surface area (Å²) in [5, 5.41) is 13.6. The monoisotopic (exact) mass is 410 g/mol. The number of rotatable bonds is 8. The third-order valence-electron chi connectivity index (χ3n) is 4.56. The summed E-state index contributed by atoms with van der Waals surface area (Å²) in [5.41, 5.74) is 0.924. The largest absolute Gasteiger partial charge is 0.493 e. The van der Waals surface area contributed by atoms with E-state index < -0.39 is 22.3 Å². The second-order valence-corrected chi connectivity index (χ2v) is 7.07. The molecule has 1 amide bonds. The summed E-state index contributed by atoms with van der Waals surface area (Å²) in [4.78, 5) is 22.7. The number of hydrogen-bond donors (Lipinski definition) is 1. The van der Waals surface area contributed by atoms with Gasteiger partial charge in [0.25, 0.3) is 5.91 Å². The number of nitrogens with zero attached hydrogens (tertiary/aromatic N) is 1. The van der Waals surface area contributed by atoms with Crippen molar-refractivity contribution in [3.63, 3.8) is 0 Å². The minimum Gasteiger partial charge on any atom is -0.493 e. The highest BCUT2D eigenvalue weighted by atomic mass is 16.6. The maximum Gasteiger partial charge on any atom is 0.433 e. The van der Waals surface area contributed by atoms with Gasteiger partial charge in [0.05, 0.1) is 18.7 Å². The first-order chi connectivity index (χ1) is 14.3. The maximum atomic E-state index is 12.6. The number of hydrogen-bond acceptors (Lipinski definition) is 6. The molecule has 1 heterocycles. The molecule has 0 aliphatic carbocycles. The van der Waals surface area contributed by atoms with E-state index in [4.69, 9.17) is 13.9 Å². The Bertz CT molecular complexity index is 1060. The first kappa shape index (κ1) is 20.9. The van der Waals surface area contributed by atoms with Gasteiger partial charge in [-0.05, 0) is 43.2 Å². The zero-order valence-electron chi connectivity index (χ0n) is 16.9. The second kappa shape index (κ2) is 8.69. The van der Waals surface area contributed by atoms with E-state index in [0.29, 0.717) is 11.5 Å². The first-order valence-electron chi connectivity index (χ1n) is 9.23. The fraction of sp³-hybridized carbons (Fsp3) is 0.227. The SMILES string of the molecule is COc1ccccc1OCc1ccccc1C(C)(C)NC(=O)c1ccc([N+](=O)[O-])o1. The predicted octanol–water partition coefficient (Wildman–Crippen LogP) is 4.44. The van der Waals surface area contributed by atoms with Gasteiger partial charge in [-0.3, -0.25) is 14.9 Å². The highest BCUT2D eigenvalue weighted by Gasteiger charge is 2.28. The van der Waals surface area contributed by atoms with Gasteiger partial charge in [-0.1, -0.05) is 36.4 Å². The molecule has 0 aliphatic rings. The molecule has 30 heavy (non-hydrogen) atoms. The van der Waals surface area contributed by atoms with Crippen LogP contribution in [0.25, 0.3) is 0 Å². The van der Waals surface area contributed by atoms with Gasteiger partial charge in [-0.2, -0.15) is 0 Å². The van der Waals surface area contributed by atoms with Gasteiger partial charge in [0.15, 0.2) is 17.3 Å². The van der Waals surface area contributed by atoms with Crippen molar-refractivity contribution in [3.8, 4) is 11.5 Å². The number of carbonyl (C=O) groups excluding carboxylic acids is 1. The van der Waals surface area contributed by atoms with Crippen LogP contribution in [0.3, 0.4) is 0 Å². The molecule has 0 aliphatic heterocycles. The molecule has 8 heteroatoms. The predicted molar refractivity (Wildman–Crippen MR) is 110 cm³/mol. The maximum absolute atomic E-state index is 12.6. The Morgan fingerprint density at radius 3 is 2.40 bits per heavy atom. The molecule has 2 aromatic carbocycles. The van der Waals surface area contributed by atoms with Crippen molar-refractivity contribution in [1.29, 1.82) is 0 Å². The summed E-state index contributed by atoms with van der Waals surface area (Å²) < 4.78 is 16.2. The molecule has 0 unspecified atom stereocenters. The molecule has 0 saturated heterocycles. The number of ether oxygens (including phenoxy) is 2. The summed E-state index contributed by atoms with van der Waals surface area (Å²) in [6, 6.07) is 17.3. The van der Waals surface area contributed by atoms with Crippen LogP contribution >= 0.6 is 0 Å². The molecule has 0 fully saturated rings. The number of benzene rings is 2. The standard InChI is InChI=1S/C22H22N2O6/c1-22(2,23-21(25)19-12-13-20(30-19)24(26)27)16-9-5-4-8-15(16)14-29-18-11-7-6-10-17(18)28-3/h4-13H,14H2,1-3H3,(H,23,25). The average Bonchev–Trinajstić information content (AvgIpc) is 3.23. The highest BCUT2D eigenvalue weighted by molar-refractivity contribution is 5.92.